The molecular weight excluding hydrogens is 378 g/mol. The third-order valence-electron chi connectivity index (χ3n) is 5.78. The molecule has 0 fully saturated rings. The Labute approximate surface area is 175 Å². The third-order valence-corrected chi connectivity index (χ3v) is 5.78. The molecule has 152 valence electrons. The highest BCUT2D eigenvalue weighted by atomic mass is 16.7. The second-order valence-corrected chi connectivity index (χ2v) is 7.72. The summed E-state index contributed by atoms with van der Waals surface area (Å²) in [6, 6.07) is 23.9. The molecule has 2 heterocycles. The number of nitrogens with zero attached hydrogens (tertiary/aromatic N) is 1. The highest BCUT2D eigenvalue weighted by Crippen LogP contribution is 2.50. The van der Waals surface area contributed by atoms with Gasteiger partial charge in [0.05, 0.1) is 18.8 Å². The van der Waals surface area contributed by atoms with Crippen LogP contribution >= 0.6 is 0 Å². The minimum atomic E-state index is -0.764. The van der Waals surface area contributed by atoms with Crippen molar-refractivity contribution < 1.29 is 19.0 Å². The van der Waals surface area contributed by atoms with Crippen LogP contribution in [-0.4, -0.2) is 19.4 Å². The number of benzene rings is 3. The van der Waals surface area contributed by atoms with E-state index in [2.05, 4.69) is 23.1 Å². The van der Waals surface area contributed by atoms with E-state index in [0.717, 1.165) is 28.1 Å². The zero-order valence-corrected chi connectivity index (χ0v) is 16.9. The zero-order valence-electron chi connectivity index (χ0n) is 16.9. The number of carbonyl (C=O) groups excluding carboxylic acids is 1. The number of fused-ring (bicyclic) bond motifs is 5. The fraction of sp³-hybridized carbons (Fsp3) is 0.240. The summed E-state index contributed by atoms with van der Waals surface area (Å²) in [5.74, 6) is 0.462. The van der Waals surface area contributed by atoms with Gasteiger partial charge < -0.3 is 19.1 Å². The van der Waals surface area contributed by atoms with Gasteiger partial charge in [-0.05, 0) is 30.7 Å². The van der Waals surface area contributed by atoms with Crippen molar-refractivity contribution in [3.8, 4) is 11.5 Å². The first-order chi connectivity index (χ1) is 14.7. The lowest BCUT2D eigenvalue weighted by Gasteiger charge is -2.41. The quantitative estimate of drug-likeness (QED) is 0.598. The SMILES string of the molecule is COC(=O)[C@@H]1[C@H]2Oc3ccc(C)cc3[C@@H]1N(Cc1ccccc1)c1ccccc1O2. The first-order valence-corrected chi connectivity index (χ1v) is 10.1. The van der Waals surface area contributed by atoms with Gasteiger partial charge in [0.1, 0.15) is 11.5 Å². The number of para-hydroxylation sites is 2. The molecule has 2 bridgehead atoms. The molecule has 0 saturated heterocycles. The highest BCUT2D eigenvalue weighted by Gasteiger charge is 2.50. The van der Waals surface area contributed by atoms with E-state index in [-0.39, 0.29) is 12.0 Å². The van der Waals surface area contributed by atoms with Crippen LogP contribution in [0.2, 0.25) is 0 Å². The Morgan fingerprint density at radius 2 is 1.70 bits per heavy atom. The second-order valence-electron chi connectivity index (χ2n) is 7.72. The number of anilines is 1. The van der Waals surface area contributed by atoms with Crippen molar-refractivity contribution in [3.63, 3.8) is 0 Å². The molecule has 30 heavy (non-hydrogen) atoms. The first kappa shape index (κ1) is 18.6. The molecule has 0 saturated carbocycles. The Kier molecular flexibility index (Phi) is 4.58. The number of methoxy groups -OCH3 is 1. The Morgan fingerprint density at radius 3 is 2.50 bits per heavy atom. The topological polar surface area (TPSA) is 48.0 Å². The van der Waals surface area contributed by atoms with Crippen molar-refractivity contribution in [3.05, 3.63) is 89.5 Å². The lowest BCUT2D eigenvalue weighted by atomic mass is 9.86. The van der Waals surface area contributed by atoms with E-state index in [1.807, 2.05) is 61.5 Å². The molecule has 5 rings (SSSR count). The minimum Gasteiger partial charge on any atom is -0.469 e. The molecule has 3 atom stereocenters. The van der Waals surface area contributed by atoms with Crippen molar-refractivity contribution in [2.45, 2.75) is 25.8 Å². The monoisotopic (exact) mass is 401 g/mol. The van der Waals surface area contributed by atoms with Gasteiger partial charge >= 0.3 is 5.97 Å². The Balaban J connectivity index is 1.73. The van der Waals surface area contributed by atoms with Crippen molar-refractivity contribution in [2.24, 2.45) is 5.92 Å². The van der Waals surface area contributed by atoms with Gasteiger partial charge in [-0.25, -0.2) is 0 Å². The van der Waals surface area contributed by atoms with E-state index in [4.69, 9.17) is 14.2 Å². The van der Waals surface area contributed by atoms with Crippen molar-refractivity contribution >= 4 is 11.7 Å². The van der Waals surface area contributed by atoms with Crippen molar-refractivity contribution in [1.82, 2.24) is 0 Å². The summed E-state index contributed by atoms with van der Waals surface area (Å²) in [5.41, 5.74) is 4.16. The number of hydrogen-bond acceptors (Lipinski definition) is 5. The van der Waals surface area contributed by atoms with Gasteiger partial charge in [-0.3, -0.25) is 4.79 Å². The summed E-state index contributed by atoms with van der Waals surface area (Å²) in [6.07, 6.45) is -0.764. The van der Waals surface area contributed by atoms with E-state index in [1.54, 1.807) is 0 Å². The van der Waals surface area contributed by atoms with Gasteiger partial charge in [-0.2, -0.15) is 0 Å². The largest absolute Gasteiger partial charge is 0.469 e. The molecule has 5 heteroatoms. The van der Waals surface area contributed by atoms with Crippen molar-refractivity contribution in [1.29, 1.82) is 0 Å². The highest BCUT2D eigenvalue weighted by molar-refractivity contribution is 5.77. The molecule has 3 aromatic carbocycles. The van der Waals surface area contributed by atoms with Crippen LogP contribution in [0.25, 0.3) is 0 Å². The molecule has 0 N–H and O–H groups in total. The van der Waals surface area contributed by atoms with E-state index >= 15 is 0 Å². The van der Waals surface area contributed by atoms with Gasteiger partial charge in [0, 0.05) is 12.1 Å². The first-order valence-electron chi connectivity index (χ1n) is 10.1. The standard InChI is InChI=1S/C25H23NO4/c1-16-12-13-20-18(14-16)23-22(24(27)28-2)25(29-20)30-21-11-7-6-10-19(21)26(23)15-17-8-4-3-5-9-17/h3-14,22-23,25H,15H2,1-2H3/t22-,23+,25+/m1/s1. The molecule has 0 unspecified atom stereocenters. The van der Waals surface area contributed by atoms with Gasteiger partial charge in [0.25, 0.3) is 6.29 Å². The molecule has 0 amide bonds. The predicted molar refractivity (Wildman–Crippen MR) is 114 cm³/mol. The fourth-order valence-corrected chi connectivity index (χ4v) is 4.41. The minimum absolute atomic E-state index is 0.282. The number of ether oxygens (including phenoxy) is 3. The van der Waals surface area contributed by atoms with Crippen LogP contribution in [0, 0.1) is 12.8 Å². The van der Waals surface area contributed by atoms with Gasteiger partial charge in [-0.1, -0.05) is 60.2 Å². The van der Waals surface area contributed by atoms with E-state index in [1.165, 1.54) is 7.11 Å². The molecule has 3 aromatic rings. The smallest absolute Gasteiger partial charge is 0.318 e. The Hall–Kier alpha value is -3.47. The summed E-state index contributed by atoms with van der Waals surface area (Å²) in [5, 5.41) is 0. The van der Waals surface area contributed by atoms with Crippen LogP contribution < -0.4 is 14.4 Å². The van der Waals surface area contributed by atoms with Crippen LogP contribution in [0.1, 0.15) is 22.7 Å². The van der Waals surface area contributed by atoms with Crippen LogP contribution in [0.4, 0.5) is 5.69 Å². The summed E-state index contributed by atoms with van der Waals surface area (Å²) in [4.78, 5) is 15.2. The average molecular weight is 401 g/mol. The number of rotatable bonds is 3. The van der Waals surface area contributed by atoms with Crippen LogP contribution in [0.3, 0.4) is 0 Å². The summed E-state index contributed by atoms with van der Waals surface area (Å²) >= 11 is 0. The van der Waals surface area contributed by atoms with Gasteiger partial charge in [0.2, 0.25) is 0 Å². The van der Waals surface area contributed by atoms with Gasteiger partial charge in [0.15, 0.2) is 5.92 Å². The maximum Gasteiger partial charge on any atom is 0.318 e. The normalized spacial score (nSPS) is 21.4. The summed E-state index contributed by atoms with van der Waals surface area (Å²) < 4.78 is 17.6. The number of hydrogen-bond donors (Lipinski definition) is 0. The van der Waals surface area contributed by atoms with Crippen LogP contribution in [-0.2, 0) is 16.1 Å². The maximum absolute atomic E-state index is 13.0. The average Bonchev–Trinajstić information content (AvgIpc) is 2.87. The molecule has 0 aliphatic carbocycles. The number of esters is 1. The van der Waals surface area contributed by atoms with Crippen LogP contribution in [0.15, 0.2) is 72.8 Å². The molecular formula is C25H23NO4. The maximum atomic E-state index is 13.0. The van der Waals surface area contributed by atoms with E-state index < -0.39 is 12.2 Å². The lowest BCUT2D eigenvalue weighted by molar-refractivity contribution is -0.159. The zero-order chi connectivity index (χ0) is 20.7. The second kappa shape index (κ2) is 7.41. The Morgan fingerprint density at radius 1 is 0.967 bits per heavy atom. The number of aryl methyl sites for hydroxylation is 1. The summed E-state index contributed by atoms with van der Waals surface area (Å²) in [6.45, 7) is 2.67. The Bertz CT molecular complexity index is 1080. The molecule has 2 aliphatic rings. The van der Waals surface area contributed by atoms with Crippen LogP contribution in [0.5, 0.6) is 11.5 Å². The van der Waals surface area contributed by atoms with Crippen molar-refractivity contribution in [2.75, 3.05) is 12.0 Å². The molecule has 2 aliphatic heterocycles. The lowest BCUT2D eigenvalue weighted by Crippen LogP contribution is -2.48. The van der Waals surface area contributed by atoms with Gasteiger partial charge in [-0.15, -0.1) is 0 Å². The summed E-state index contributed by atoms with van der Waals surface area (Å²) in [7, 11) is 1.41. The predicted octanol–water partition coefficient (Wildman–Crippen LogP) is 4.64. The molecule has 0 radical (unpaired) electrons. The fourth-order valence-electron chi connectivity index (χ4n) is 4.41. The molecule has 0 spiro atoms. The third kappa shape index (κ3) is 3.07. The molecule has 5 nitrogen and oxygen atoms in total. The van der Waals surface area contributed by atoms with E-state index in [9.17, 15) is 4.79 Å². The number of carbonyl (C=O) groups is 1. The molecule has 0 aromatic heterocycles. The van der Waals surface area contributed by atoms with E-state index in [0.29, 0.717) is 12.3 Å².